The summed E-state index contributed by atoms with van der Waals surface area (Å²) in [5.74, 6) is 0.216. The third kappa shape index (κ3) is 3.99. The molecule has 3 nitrogen and oxygen atoms in total. The lowest BCUT2D eigenvalue weighted by Gasteiger charge is -2.26. The number of ether oxygens (including phenoxy) is 1. The van der Waals surface area contributed by atoms with Crippen LogP contribution in [-0.2, 0) is 4.79 Å². The molecule has 20 heavy (non-hydrogen) atoms. The number of rotatable bonds is 8. The first-order chi connectivity index (χ1) is 9.45. The molecule has 0 atom stereocenters. The van der Waals surface area contributed by atoms with Crippen molar-refractivity contribution in [2.45, 2.75) is 53.4 Å². The normalized spacial score (nSPS) is 11.4. The number of aryl methyl sites for hydroxylation is 2. The standard InChI is InChI=1S/C17H26O3/c1-5-17(6-2,16(18)19)10-7-11-20-15-12-13(3)8-9-14(15)4/h8-9,12H,5-7,10-11H2,1-4H3,(H,18,19). The van der Waals surface area contributed by atoms with Crippen LogP contribution in [0.1, 0.15) is 50.7 Å². The van der Waals surface area contributed by atoms with E-state index >= 15 is 0 Å². The molecule has 0 fully saturated rings. The number of hydrogen-bond acceptors (Lipinski definition) is 2. The van der Waals surface area contributed by atoms with Gasteiger partial charge in [-0.05, 0) is 56.7 Å². The number of hydrogen-bond donors (Lipinski definition) is 1. The van der Waals surface area contributed by atoms with Crippen molar-refractivity contribution in [1.82, 2.24) is 0 Å². The summed E-state index contributed by atoms with van der Waals surface area (Å²) in [5, 5.41) is 9.38. The molecule has 1 N–H and O–H groups in total. The van der Waals surface area contributed by atoms with E-state index in [2.05, 4.69) is 6.07 Å². The van der Waals surface area contributed by atoms with E-state index in [1.54, 1.807) is 0 Å². The van der Waals surface area contributed by atoms with Crippen LogP contribution in [0.3, 0.4) is 0 Å². The zero-order valence-electron chi connectivity index (χ0n) is 13.0. The number of carboxylic acids is 1. The van der Waals surface area contributed by atoms with Crippen LogP contribution in [0, 0.1) is 19.3 Å². The Kier molecular flexibility index (Phi) is 6.05. The Bertz CT molecular complexity index is 448. The van der Waals surface area contributed by atoms with E-state index in [0.717, 1.165) is 17.7 Å². The summed E-state index contributed by atoms with van der Waals surface area (Å²) in [6.07, 6.45) is 2.77. The van der Waals surface area contributed by atoms with Gasteiger partial charge in [-0.2, -0.15) is 0 Å². The molecule has 1 rings (SSSR count). The summed E-state index contributed by atoms with van der Waals surface area (Å²) in [5.41, 5.74) is 1.70. The highest BCUT2D eigenvalue weighted by atomic mass is 16.5. The number of carbonyl (C=O) groups is 1. The molecule has 0 bridgehead atoms. The van der Waals surface area contributed by atoms with Crippen LogP contribution < -0.4 is 4.74 Å². The van der Waals surface area contributed by atoms with Gasteiger partial charge in [-0.1, -0.05) is 26.0 Å². The summed E-state index contributed by atoms with van der Waals surface area (Å²) >= 11 is 0. The zero-order valence-corrected chi connectivity index (χ0v) is 13.0. The molecule has 0 saturated carbocycles. The van der Waals surface area contributed by atoms with Crippen LogP contribution in [0.25, 0.3) is 0 Å². The lowest BCUT2D eigenvalue weighted by atomic mass is 9.78. The van der Waals surface area contributed by atoms with E-state index in [4.69, 9.17) is 4.74 Å². The minimum absolute atomic E-state index is 0.569. The summed E-state index contributed by atoms with van der Waals surface area (Å²) in [6, 6.07) is 6.13. The van der Waals surface area contributed by atoms with Crippen molar-refractivity contribution in [3.8, 4) is 5.75 Å². The van der Waals surface area contributed by atoms with Crippen molar-refractivity contribution < 1.29 is 14.6 Å². The predicted molar refractivity (Wildman–Crippen MR) is 81.3 cm³/mol. The second-order valence-corrected chi connectivity index (χ2v) is 5.51. The molecule has 1 aromatic carbocycles. The zero-order chi connectivity index (χ0) is 15.2. The molecule has 1 aromatic rings. The van der Waals surface area contributed by atoms with Gasteiger partial charge in [0, 0.05) is 0 Å². The second-order valence-electron chi connectivity index (χ2n) is 5.51. The predicted octanol–water partition coefficient (Wildman–Crippen LogP) is 4.35. The topological polar surface area (TPSA) is 46.5 Å². The minimum atomic E-state index is -0.686. The SMILES string of the molecule is CCC(CC)(CCCOc1cc(C)ccc1C)C(=O)O. The Hall–Kier alpha value is -1.51. The molecule has 0 amide bonds. The summed E-state index contributed by atoms with van der Waals surface area (Å²) in [7, 11) is 0. The lowest BCUT2D eigenvalue weighted by molar-refractivity contribution is -0.150. The van der Waals surface area contributed by atoms with E-state index in [1.165, 1.54) is 5.56 Å². The maximum Gasteiger partial charge on any atom is 0.309 e. The van der Waals surface area contributed by atoms with Crippen LogP contribution >= 0.6 is 0 Å². The minimum Gasteiger partial charge on any atom is -0.493 e. The highest BCUT2D eigenvalue weighted by molar-refractivity contribution is 5.74. The quantitative estimate of drug-likeness (QED) is 0.719. The van der Waals surface area contributed by atoms with Crippen molar-refractivity contribution in [2.75, 3.05) is 6.61 Å². The fourth-order valence-electron chi connectivity index (χ4n) is 2.47. The smallest absolute Gasteiger partial charge is 0.309 e. The van der Waals surface area contributed by atoms with Crippen molar-refractivity contribution >= 4 is 5.97 Å². The third-order valence-electron chi connectivity index (χ3n) is 4.21. The fraction of sp³-hybridized carbons (Fsp3) is 0.588. The molecule has 0 spiro atoms. The molecular weight excluding hydrogens is 252 g/mol. The number of benzene rings is 1. The average Bonchev–Trinajstić information content (AvgIpc) is 2.43. The van der Waals surface area contributed by atoms with Gasteiger partial charge in [-0.25, -0.2) is 0 Å². The third-order valence-corrected chi connectivity index (χ3v) is 4.21. The second kappa shape index (κ2) is 7.32. The first-order valence-corrected chi connectivity index (χ1v) is 7.38. The molecule has 0 aliphatic heterocycles. The molecule has 3 heteroatoms. The molecule has 0 heterocycles. The van der Waals surface area contributed by atoms with E-state index in [1.807, 2.05) is 39.8 Å². The first kappa shape index (κ1) is 16.5. The highest BCUT2D eigenvalue weighted by Crippen LogP contribution is 2.32. The van der Waals surface area contributed by atoms with E-state index < -0.39 is 11.4 Å². The number of aliphatic carboxylic acids is 1. The summed E-state index contributed by atoms with van der Waals surface area (Å²) < 4.78 is 5.79. The maximum absolute atomic E-state index is 11.4. The Morgan fingerprint density at radius 3 is 2.45 bits per heavy atom. The fourth-order valence-corrected chi connectivity index (χ4v) is 2.47. The Morgan fingerprint density at radius 2 is 1.90 bits per heavy atom. The van der Waals surface area contributed by atoms with Gasteiger partial charge in [0.25, 0.3) is 0 Å². The largest absolute Gasteiger partial charge is 0.493 e. The van der Waals surface area contributed by atoms with Crippen molar-refractivity contribution in [2.24, 2.45) is 5.41 Å². The Balaban J connectivity index is 2.52. The molecular formula is C17H26O3. The molecule has 0 unspecified atom stereocenters. The maximum atomic E-state index is 11.4. The Labute approximate surface area is 122 Å². The Morgan fingerprint density at radius 1 is 1.25 bits per heavy atom. The van der Waals surface area contributed by atoms with Crippen LogP contribution in [0.5, 0.6) is 5.75 Å². The molecule has 112 valence electrons. The average molecular weight is 278 g/mol. The summed E-state index contributed by atoms with van der Waals surface area (Å²) in [6.45, 7) is 8.52. The van der Waals surface area contributed by atoms with Gasteiger partial charge in [0.2, 0.25) is 0 Å². The van der Waals surface area contributed by atoms with Gasteiger partial charge < -0.3 is 9.84 Å². The molecule has 0 saturated heterocycles. The van der Waals surface area contributed by atoms with Crippen LogP contribution in [-0.4, -0.2) is 17.7 Å². The van der Waals surface area contributed by atoms with E-state index in [0.29, 0.717) is 25.9 Å². The monoisotopic (exact) mass is 278 g/mol. The first-order valence-electron chi connectivity index (χ1n) is 7.38. The lowest BCUT2D eigenvalue weighted by Crippen LogP contribution is -2.30. The molecule has 0 aliphatic carbocycles. The molecule has 0 radical (unpaired) electrons. The van der Waals surface area contributed by atoms with Gasteiger partial charge in [0.1, 0.15) is 5.75 Å². The summed E-state index contributed by atoms with van der Waals surface area (Å²) in [4.78, 5) is 11.4. The van der Waals surface area contributed by atoms with Crippen LogP contribution in [0.15, 0.2) is 18.2 Å². The van der Waals surface area contributed by atoms with Gasteiger partial charge in [-0.3, -0.25) is 4.79 Å². The number of carboxylic acid groups (broad SMARTS) is 1. The van der Waals surface area contributed by atoms with Gasteiger partial charge in [0.15, 0.2) is 0 Å². The molecule has 0 aromatic heterocycles. The van der Waals surface area contributed by atoms with Crippen molar-refractivity contribution in [3.05, 3.63) is 29.3 Å². The van der Waals surface area contributed by atoms with Gasteiger partial charge in [-0.15, -0.1) is 0 Å². The van der Waals surface area contributed by atoms with Crippen molar-refractivity contribution in [1.29, 1.82) is 0 Å². The van der Waals surface area contributed by atoms with Crippen LogP contribution in [0.4, 0.5) is 0 Å². The van der Waals surface area contributed by atoms with E-state index in [-0.39, 0.29) is 0 Å². The van der Waals surface area contributed by atoms with Crippen molar-refractivity contribution in [3.63, 3.8) is 0 Å². The molecule has 0 aliphatic rings. The van der Waals surface area contributed by atoms with Crippen LogP contribution in [0.2, 0.25) is 0 Å². The van der Waals surface area contributed by atoms with E-state index in [9.17, 15) is 9.90 Å². The van der Waals surface area contributed by atoms with Gasteiger partial charge >= 0.3 is 5.97 Å². The van der Waals surface area contributed by atoms with Gasteiger partial charge in [0.05, 0.1) is 12.0 Å². The highest BCUT2D eigenvalue weighted by Gasteiger charge is 2.33.